The Balaban J connectivity index is 0.982. The molecule has 0 fully saturated rings. The minimum atomic E-state index is 0.828. The molecule has 1 aliphatic rings. The van der Waals surface area contributed by atoms with Gasteiger partial charge in [0.2, 0.25) is 0 Å². The van der Waals surface area contributed by atoms with Crippen molar-refractivity contribution >= 4 is 38.9 Å². The molecule has 10 aromatic rings. The molecular formula is C56H40N2. The Bertz CT molecular complexity index is 3050. The largest absolute Gasteiger partial charge is 0.310 e. The van der Waals surface area contributed by atoms with Gasteiger partial charge in [-0.3, -0.25) is 0 Å². The van der Waals surface area contributed by atoms with Crippen LogP contribution in [0.5, 0.6) is 0 Å². The minimum Gasteiger partial charge on any atom is -0.310 e. The average Bonchev–Trinajstić information content (AvgIpc) is 3.62. The van der Waals surface area contributed by atoms with Crippen LogP contribution >= 0.6 is 0 Å². The summed E-state index contributed by atoms with van der Waals surface area (Å²) < 4.78 is 2.37. The molecule has 274 valence electrons. The van der Waals surface area contributed by atoms with Gasteiger partial charge in [-0.25, -0.2) is 0 Å². The molecule has 11 rings (SSSR count). The number of benzene rings is 9. The Kier molecular flexibility index (Phi) is 8.33. The highest BCUT2D eigenvalue weighted by Crippen LogP contribution is 2.42. The van der Waals surface area contributed by atoms with Crippen molar-refractivity contribution in [3.8, 4) is 39.1 Å². The number of anilines is 3. The molecule has 0 aliphatic heterocycles. The van der Waals surface area contributed by atoms with Gasteiger partial charge < -0.3 is 9.47 Å². The fourth-order valence-corrected chi connectivity index (χ4v) is 9.18. The van der Waals surface area contributed by atoms with Gasteiger partial charge in [0.1, 0.15) is 0 Å². The van der Waals surface area contributed by atoms with Gasteiger partial charge in [-0.1, -0.05) is 158 Å². The van der Waals surface area contributed by atoms with E-state index >= 15 is 0 Å². The molecule has 0 saturated carbocycles. The number of nitrogens with zero attached hydrogens (tertiary/aromatic N) is 2. The number of fused-ring (bicyclic) bond motifs is 9. The monoisotopic (exact) mass is 740 g/mol. The lowest BCUT2D eigenvalue weighted by Gasteiger charge is -2.27. The third kappa shape index (κ3) is 5.90. The Labute approximate surface area is 339 Å². The van der Waals surface area contributed by atoms with Crippen molar-refractivity contribution in [2.45, 2.75) is 12.8 Å². The summed E-state index contributed by atoms with van der Waals surface area (Å²) in [6, 6.07) is 80.0. The lowest BCUT2D eigenvalue weighted by molar-refractivity contribution is 1.14. The highest BCUT2D eigenvalue weighted by Gasteiger charge is 2.21. The Morgan fingerprint density at radius 2 is 0.724 bits per heavy atom. The summed E-state index contributed by atoms with van der Waals surface area (Å²) in [5.74, 6) is 0. The molecule has 0 atom stereocenters. The average molecular weight is 741 g/mol. The summed E-state index contributed by atoms with van der Waals surface area (Å²) in [5.41, 5.74) is 20.0. The van der Waals surface area contributed by atoms with Crippen LogP contribution in [0.25, 0.3) is 60.9 Å². The van der Waals surface area contributed by atoms with Crippen LogP contribution in [-0.4, -0.2) is 4.57 Å². The van der Waals surface area contributed by atoms with Gasteiger partial charge in [-0.2, -0.15) is 0 Å². The number of rotatable bonds is 5. The summed E-state index contributed by atoms with van der Waals surface area (Å²) in [6.45, 7) is 0. The maximum Gasteiger partial charge on any atom is 0.0541 e. The second kappa shape index (κ2) is 14.3. The summed E-state index contributed by atoms with van der Waals surface area (Å²) in [6.07, 6.45) is 1.71. The van der Waals surface area contributed by atoms with Crippen molar-refractivity contribution in [1.29, 1.82) is 0 Å². The second-order valence-corrected chi connectivity index (χ2v) is 15.3. The molecule has 1 aromatic heterocycles. The first kappa shape index (κ1) is 33.9. The molecule has 2 nitrogen and oxygen atoms in total. The van der Waals surface area contributed by atoms with E-state index in [4.69, 9.17) is 0 Å². The van der Waals surface area contributed by atoms with Crippen molar-refractivity contribution in [3.05, 3.63) is 241 Å². The minimum absolute atomic E-state index is 0.828. The van der Waals surface area contributed by atoms with Gasteiger partial charge in [0.15, 0.2) is 0 Å². The van der Waals surface area contributed by atoms with E-state index in [2.05, 4.69) is 228 Å². The molecular weight excluding hydrogens is 701 g/mol. The normalized spacial score (nSPS) is 12.0. The standard InChI is InChI=1S/C56H40N2/c1-2-17-45(18-3-1)57(46-30-26-39(27-31-46)40-28-32-47(33-29-40)58-55-24-12-10-22-53(55)54-23-11-13-25-56(54)58)48-34-35-52-44(38-48)37-43-16-6-8-20-50(43)49-19-7-4-14-41(49)36-42-15-5-9-21-51(42)52/h1-35,38H,36-37H2. The molecule has 0 spiro atoms. The van der Waals surface area contributed by atoms with E-state index in [1.807, 2.05) is 0 Å². The van der Waals surface area contributed by atoms with Gasteiger partial charge in [0.25, 0.3) is 0 Å². The zero-order valence-corrected chi connectivity index (χ0v) is 32.1. The molecule has 1 aliphatic carbocycles. The van der Waals surface area contributed by atoms with Crippen LogP contribution in [0.1, 0.15) is 22.3 Å². The van der Waals surface area contributed by atoms with E-state index in [0.29, 0.717) is 0 Å². The van der Waals surface area contributed by atoms with E-state index in [0.717, 1.165) is 35.6 Å². The van der Waals surface area contributed by atoms with Crippen molar-refractivity contribution < 1.29 is 0 Å². The predicted octanol–water partition coefficient (Wildman–Crippen LogP) is 14.7. The number of hydrogen-bond donors (Lipinski definition) is 0. The third-order valence-corrected chi connectivity index (χ3v) is 11.9. The molecule has 9 aromatic carbocycles. The molecule has 0 saturated heterocycles. The van der Waals surface area contributed by atoms with Crippen LogP contribution in [-0.2, 0) is 12.8 Å². The van der Waals surface area contributed by atoms with E-state index in [9.17, 15) is 0 Å². The predicted molar refractivity (Wildman–Crippen MR) is 244 cm³/mol. The van der Waals surface area contributed by atoms with Gasteiger partial charge in [-0.15, -0.1) is 0 Å². The molecule has 0 radical (unpaired) electrons. The molecule has 58 heavy (non-hydrogen) atoms. The first-order valence-electron chi connectivity index (χ1n) is 20.2. The molecule has 0 amide bonds. The molecule has 0 unspecified atom stereocenters. The quantitative estimate of drug-likeness (QED) is 0.171. The van der Waals surface area contributed by atoms with Crippen LogP contribution in [0.3, 0.4) is 0 Å². The van der Waals surface area contributed by atoms with Crippen LogP contribution in [0.15, 0.2) is 218 Å². The lowest BCUT2D eigenvalue weighted by Crippen LogP contribution is -2.11. The van der Waals surface area contributed by atoms with Crippen molar-refractivity contribution in [2.24, 2.45) is 0 Å². The van der Waals surface area contributed by atoms with Crippen molar-refractivity contribution in [1.82, 2.24) is 4.57 Å². The van der Waals surface area contributed by atoms with Gasteiger partial charge in [-0.05, 0) is 129 Å². The second-order valence-electron chi connectivity index (χ2n) is 15.3. The van der Waals surface area contributed by atoms with E-state index in [1.165, 1.54) is 77.4 Å². The number of para-hydroxylation sites is 3. The fraction of sp³-hybridized carbons (Fsp3) is 0.0357. The van der Waals surface area contributed by atoms with Crippen LogP contribution in [0.4, 0.5) is 17.1 Å². The summed E-state index contributed by atoms with van der Waals surface area (Å²) in [5, 5.41) is 2.55. The SMILES string of the molecule is c1ccc(N(c2ccc(-c3ccc(-n4c5ccccc5c5ccccc54)cc3)cc2)c2ccc3c(c2)Cc2ccccc2-c2ccccc2Cc2ccccc2-3)cc1. The number of aromatic nitrogens is 1. The summed E-state index contributed by atoms with van der Waals surface area (Å²) >= 11 is 0. The molecule has 1 heterocycles. The maximum absolute atomic E-state index is 2.42. The van der Waals surface area contributed by atoms with Crippen LogP contribution in [0, 0.1) is 0 Å². The van der Waals surface area contributed by atoms with Gasteiger partial charge in [0.05, 0.1) is 11.0 Å². The zero-order chi connectivity index (χ0) is 38.4. The summed E-state index contributed by atoms with van der Waals surface area (Å²) in [4.78, 5) is 2.39. The Morgan fingerprint density at radius 3 is 1.29 bits per heavy atom. The maximum atomic E-state index is 2.42. The van der Waals surface area contributed by atoms with Gasteiger partial charge in [0, 0.05) is 33.5 Å². The number of hydrogen-bond acceptors (Lipinski definition) is 1. The molecule has 0 N–H and O–H groups in total. The molecule has 0 bridgehead atoms. The Hall–Kier alpha value is -7.42. The van der Waals surface area contributed by atoms with Crippen LogP contribution in [0.2, 0.25) is 0 Å². The van der Waals surface area contributed by atoms with Crippen molar-refractivity contribution in [3.63, 3.8) is 0 Å². The lowest BCUT2D eigenvalue weighted by atomic mass is 9.84. The zero-order valence-electron chi connectivity index (χ0n) is 32.1. The van der Waals surface area contributed by atoms with Crippen molar-refractivity contribution in [2.75, 3.05) is 4.90 Å². The third-order valence-electron chi connectivity index (χ3n) is 11.9. The smallest absolute Gasteiger partial charge is 0.0541 e. The van der Waals surface area contributed by atoms with Crippen LogP contribution < -0.4 is 4.90 Å². The Morgan fingerprint density at radius 1 is 0.310 bits per heavy atom. The van der Waals surface area contributed by atoms with Gasteiger partial charge >= 0.3 is 0 Å². The topological polar surface area (TPSA) is 8.17 Å². The van der Waals surface area contributed by atoms with E-state index < -0.39 is 0 Å². The summed E-state index contributed by atoms with van der Waals surface area (Å²) in [7, 11) is 0. The highest BCUT2D eigenvalue weighted by atomic mass is 15.1. The molecule has 2 heteroatoms. The first-order chi connectivity index (χ1) is 28.8. The van der Waals surface area contributed by atoms with E-state index in [-0.39, 0.29) is 0 Å². The van der Waals surface area contributed by atoms with E-state index in [1.54, 1.807) is 0 Å². The first-order valence-corrected chi connectivity index (χ1v) is 20.2. The highest BCUT2D eigenvalue weighted by molar-refractivity contribution is 6.09. The fourth-order valence-electron chi connectivity index (χ4n) is 9.18.